The molecule has 3 fully saturated rings. The fourth-order valence-electron chi connectivity index (χ4n) is 5.12. The molecule has 2 heterocycles. The van der Waals surface area contributed by atoms with E-state index < -0.39 is 0 Å². The zero-order valence-electron chi connectivity index (χ0n) is 17.4. The lowest BCUT2D eigenvalue weighted by molar-refractivity contribution is 0.0526. The summed E-state index contributed by atoms with van der Waals surface area (Å²) >= 11 is 0. The molecule has 1 aromatic rings. The van der Waals surface area contributed by atoms with Crippen LogP contribution in [-0.4, -0.2) is 49.1 Å². The number of hydrogen-bond acceptors (Lipinski definition) is 2. The molecule has 0 spiro atoms. The number of hydrogen-bond donors (Lipinski definition) is 2. The second-order valence-corrected chi connectivity index (χ2v) is 9.20. The van der Waals surface area contributed by atoms with Crippen LogP contribution in [0.3, 0.4) is 0 Å². The van der Waals surface area contributed by atoms with Crippen LogP contribution in [0.15, 0.2) is 29.3 Å². The minimum atomic E-state index is 0.520. The molecule has 4 atom stereocenters. The number of fused-ring (bicyclic) bond motifs is 2. The van der Waals surface area contributed by atoms with Crippen LogP contribution < -0.4 is 10.6 Å². The highest BCUT2D eigenvalue weighted by molar-refractivity contribution is 5.80. The van der Waals surface area contributed by atoms with E-state index in [4.69, 9.17) is 0 Å². The maximum atomic E-state index is 4.52. The highest BCUT2D eigenvalue weighted by atomic mass is 15.2. The fourth-order valence-corrected chi connectivity index (χ4v) is 5.12. The first-order valence-corrected chi connectivity index (χ1v) is 10.9. The molecule has 0 aromatic heterocycles. The van der Waals surface area contributed by atoms with Gasteiger partial charge < -0.3 is 15.5 Å². The molecule has 4 unspecified atom stereocenters. The van der Waals surface area contributed by atoms with Crippen LogP contribution in [0.5, 0.6) is 0 Å². The summed E-state index contributed by atoms with van der Waals surface area (Å²) in [7, 11) is 4.22. The standard InChI is InChI=1S/C23H36N4/c1-15(2)16-8-10-17(11-9-16)21-14-22(21)26-23(24-3)25-18-12-19-6-5-7-20(13-18)27(19)4/h8-11,15,18-22H,5-7,12-14H2,1-4H3,(H2,24,25,26). The van der Waals surface area contributed by atoms with Gasteiger partial charge in [0.2, 0.25) is 0 Å². The maximum absolute atomic E-state index is 4.52. The lowest BCUT2D eigenvalue weighted by Crippen LogP contribution is -2.56. The minimum Gasteiger partial charge on any atom is -0.354 e. The summed E-state index contributed by atoms with van der Waals surface area (Å²) in [4.78, 5) is 7.14. The normalized spacial score (nSPS) is 33.8. The van der Waals surface area contributed by atoms with Crippen LogP contribution in [0.4, 0.5) is 0 Å². The van der Waals surface area contributed by atoms with E-state index in [1.807, 2.05) is 7.05 Å². The van der Waals surface area contributed by atoms with E-state index in [0.29, 0.717) is 23.9 Å². The van der Waals surface area contributed by atoms with Crippen LogP contribution in [0, 0.1) is 0 Å². The SMILES string of the molecule is CN=C(NC1CC2CCCC(C1)N2C)NC1CC1c1ccc(C(C)C)cc1. The minimum absolute atomic E-state index is 0.520. The van der Waals surface area contributed by atoms with Gasteiger partial charge in [-0.3, -0.25) is 4.99 Å². The van der Waals surface area contributed by atoms with Gasteiger partial charge in [-0.05, 0) is 56.2 Å². The summed E-state index contributed by atoms with van der Waals surface area (Å²) in [5, 5.41) is 7.41. The molecule has 2 bridgehead atoms. The van der Waals surface area contributed by atoms with Crippen LogP contribution in [-0.2, 0) is 0 Å². The number of piperidine rings is 2. The molecule has 1 saturated carbocycles. The molecule has 3 aliphatic rings. The Kier molecular flexibility index (Phi) is 5.45. The second kappa shape index (κ2) is 7.83. The highest BCUT2D eigenvalue weighted by Gasteiger charge is 2.40. The van der Waals surface area contributed by atoms with Crippen molar-refractivity contribution >= 4 is 5.96 Å². The quantitative estimate of drug-likeness (QED) is 0.626. The number of benzene rings is 1. The van der Waals surface area contributed by atoms with E-state index in [9.17, 15) is 0 Å². The first-order valence-electron chi connectivity index (χ1n) is 10.9. The van der Waals surface area contributed by atoms with E-state index >= 15 is 0 Å². The van der Waals surface area contributed by atoms with Crippen molar-refractivity contribution < 1.29 is 0 Å². The summed E-state index contributed by atoms with van der Waals surface area (Å²) in [6, 6.07) is 11.8. The van der Waals surface area contributed by atoms with Crippen molar-refractivity contribution in [3.05, 3.63) is 35.4 Å². The number of rotatable bonds is 4. The molecule has 148 valence electrons. The largest absolute Gasteiger partial charge is 0.354 e. The van der Waals surface area contributed by atoms with Crippen molar-refractivity contribution in [2.75, 3.05) is 14.1 Å². The third-order valence-electron chi connectivity index (χ3n) is 7.05. The Bertz CT molecular complexity index is 651. The molecule has 27 heavy (non-hydrogen) atoms. The van der Waals surface area contributed by atoms with E-state index in [2.05, 4.69) is 65.7 Å². The molecule has 4 rings (SSSR count). The van der Waals surface area contributed by atoms with Gasteiger partial charge in [-0.25, -0.2) is 0 Å². The monoisotopic (exact) mass is 368 g/mol. The zero-order valence-corrected chi connectivity index (χ0v) is 17.4. The van der Waals surface area contributed by atoms with Crippen LogP contribution in [0.25, 0.3) is 0 Å². The highest BCUT2D eigenvalue weighted by Crippen LogP contribution is 2.41. The third-order valence-corrected chi connectivity index (χ3v) is 7.05. The lowest BCUT2D eigenvalue weighted by Gasteiger charge is -2.47. The molecule has 2 N–H and O–H groups in total. The van der Waals surface area contributed by atoms with Gasteiger partial charge >= 0.3 is 0 Å². The summed E-state index contributed by atoms with van der Waals surface area (Å²) in [5.74, 6) is 2.22. The molecule has 1 aliphatic carbocycles. The van der Waals surface area contributed by atoms with Crippen molar-refractivity contribution in [2.45, 2.75) is 88.4 Å². The van der Waals surface area contributed by atoms with Crippen molar-refractivity contribution in [2.24, 2.45) is 4.99 Å². The summed E-state index contributed by atoms with van der Waals surface area (Å²) in [6.45, 7) is 4.51. The summed E-state index contributed by atoms with van der Waals surface area (Å²) < 4.78 is 0. The number of nitrogens with one attached hydrogen (secondary N) is 2. The average molecular weight is 369 g/mol. The Morgan fingerprint density at radius 1 is 1.04 bits per heavy atom. The Hall–Kier alpha value is -1.55. The number of aliphatic imine (C=N–C) groups is 1. The Morgan fingerprint density at radius 3 is 2.30 bits per heavy atom. The topological polar surface area (TPSA) is 39.7 Å². The third kappa shape index (κ3) is 4.16. The Labute approximate surface area is 164 Å². The van der Waals surface area contributed by atoms with Gasteiger partial charge in [-0.15, -0.1) is 0 Å². The van der Waals surface area contributed by atoms with Crippen LogP contribution >= 0.6 is 0 Å². The summed E-state index contributed by atoms with van der Waals surface area (Å²) in [5.41, 5.74) is 2.88. The van der Waals surface area contributed by atoms with Crippen molar-refractivity contribution in [3.8, 4) is 0 Å². The lowest BCUT2D eigenvalue weighted by atomic mass is 9.82. The van der Waals surface area contributed by atoms with E-state index in [1.54, 1.807) is 0 Å². The van der Waals surface area contributed by atoms with Gasteiger partial charge in [-0.1, -0.05) is 44.5 Å². The molecule has 1 aromatic carbocycles. The van der Waals surface area contributed by atoms with E-state index in [-0.39, 0.29) is 0 Å². The summed E-state index contributed by atoms with van der Waals surface area (Å²) in [6.07, 6.45) is 7.82. The van der Waals surface area contributed by atoms with E-state index in [0.717, 1.165) is 18.0 Å². The van der Waals surface area contributed by atoms with Gasteiger partial charge in [0, 0.05) is 37.1 Å². The van der Waals surface area contributed by atoms with Crippen LogP contribution in [0.1, 0.15) is 75.3 Å². The van der Waals surface area contributed by atoms with E-state index in [1.165, 1.54) is 49.7 Å². The maximum Gasteiger partial charge on any atom is 0.191 e. The molecule has 2 saturated heterocycles. The van der Waals surface area contributed by atoms with Gasteiger partial charge in [-0.2, -0.15) is 0 Å². The molecule has 2 aliphatic heterocycles. The molecule has 0 radical (unpaired) electrons. The molecule has 4 nitrogen and oxygen atoms in total. The van der Waals surface area contributed by atoms with Gasteiger partial charge in [0.1, 0.15) is 0 Å². The van der Waals surface area contributed by atoms with Crippen molar-refractivity contribution in [3.63, 3.8) is 0 Å². The predicted octanol–water partition coefficient (Wildman–Crippen LogP) is 3.85. The van der Waals surface area contributed by atoms with Crippen molar-refractivity contribution in [1.82, 2.24) is 15.5 Å². The van der Waals surface area contributed by atoms with Gasteiger partial charge in [0.25, 0.3) is 0 Å². The number of guanidine groups is 1. The molecular formula is C23H36N4. The first kappa shape index (κ1) is 18.8. The zero-order chi connectivity index (χ0) is 19.0. The molecular weight excluding hydrogens is 332 g/mol. The average Bonchev–Trinajstić information content (AvgIpc) is 3.41. The smallest absolute Gasteiger partial charge is 0.191 e. The predicted molar refractivity (Wildman–Crippen MR) is 114 cm³/mol. The Morgan fingerprint density at radius 2 is 1.70 bits per heavy atom. The van der Waals surface area contributed by atoms with Crippen LogP contribution in [0.2, 0.25) is 0 Å². The van der Waals surface area contributed by atoms with Crippen molar-refractivity contribution in [1.29, 1.82) is 0 Å². The molecule has 0 amide bonds. The van der Waals surface area contributed by atoms with Gasteiger partial charge in [0.05, 0.1) is 0 Å². The number of nitrogens with zero attached hydrogens (tertiary/aromatic N) is 2. The fraction of sp³-hybridized carbons (Fsp3) is 0.696. The molecule has 4 heteroatoms. The first-order chi connectivity index (χ1) is 13.0. The van der Waals surface area contributed by atoms with Gasteiger partial charge in [0.15, 0.2) is 5.96 Å². The second-order valence-electron chi connectivity index (χ2n) is 9.20. The Balaban J connectivity index is 1.30.